The van der Waals surface area contributed by atoms with Crippen LogP contribution in [0, 0.1) is 12.3 Å². The molecular weight excluding hydrogens is 498 g/mol. The zero-order chi connectivity index (χ0) is 26.1. The van der Waals surface area contributed by atoms with Crippen LogP contribution in [0.1, 0.15) is 11.1 Å². The highest BCUT2D eigenvalue weighted by Gasteiger charge is 2.23. The number of hydrogen-bond acceptors (Lipinski definition) is 8. The van der Waals surface area contributed by atoms with E-state index in [9.17, 15) is 18.4 Å². The molecule has 9 nitrogen and oxygen atoms in total. The molecular formula is C25H27N5O4S2. The Kier molecular flexibility index (Phi) is 9.24. The molecule has 11 heteroatoms. The SMILES string of the molecule is C#Cc1ccc(C[C@@H](C(=O)NO)N(N)/C=C(/CNS(=O)(=O)c2ccc(-c3ccccc3)s2)NC)cc1. The number of benzene rings is 2. The van der Waals surface area contributed by atoms with Crippen molar-refractivity contribution in [3.63, 3.8) is 0 Å². The third kappa shape index (κ3) is 6.94. The van der Waals surface area contributed by atoms with Crippen LogP contribution in [0.25, 0.3) is 10.4 Å². The van der Waals surface area contributed by atoms with Crippen molar-refractivity contribution in [2.75, 3.05) is 13.6 Å². The monoisotopic (exact) mass is 525 g/mol. The lowest BCUT2D eigenvalue weighted by Gasteiger charge is -2.25. The highest BCUT2D eigenvalue weighted by molar-refractivity contribution is 7.91. The van der Waals surface area contributed by atoms with Gasteiger partial charge in [0.25, 0.3) is 5.91 Å². The average molecular weight is 526 g/mol. The van der Waals surface area contributed by atoms with Gasteiger partial charge in [-0.3, -0.25) is 10.0 Å². The van der Waals surface area contributed by atoms with Gasteiger partial charge < -0.3 is 10.3 Å². The molecule has 0 saturated carbocycles. The highest BCUT2D eigenvalue weighted by atomic mass is 32.2. The van der Waals surface area contributed by atoms with Crippen molar-refractivity contribution in [2.24, 2.45) is 5.84 Å². The maximum absolute atomic E-state index is 12.9. The maximum atomic E-state index is 12.9. The van der Waals surface area contributed by atoms with Crippen LogP contribution >= 0.6 is 11.3 Å². The summed E-state index contributed by atoms with van der Waals surface area (Å²) in [4.78, 5) is 13.1. The Labute approximate surface area is 214 Å². The van der Waals surface area contributed by atoms with Gasteiger partial charge in [0.2, 0.25) is 10.0 Å². The number of nitrogens with two attached hydrogens (primary N) is 1. The minimum atomic E-state index is -3.79. The van der Waals surface area contributed by atoms with E-state index in [0.717, 1.165) is 32.3 Å². The highest BCUT2D eigenvalue weighted by Crippen LogP contribution is 2.30. The van der Waals surface area contributed by atoms with Crippen LogP contribution in [-0.4, -0.2) is 44.2 Å². The van der Waals surface area contributed by atoms with Gasteiger partial charge in [-0.2, -0.15) is 0 Å². The molecule has 1 heterocycles. The Morgan fingerprint density at radius 3 is 2.47 bits per heavy atom. The third-order valence-corrected chi connectivity index (χ3v) is 8.33. The molecule has 3 rings (SSSR count). The zero-order valence-electron chi connectivity index (χ0n) is 19.5. The molecule has 3 aromatic rings. The lowest BCUT2D eigenvalue weighted by atomic mass is 10.0. The Hall–Kier alpha value is -3.66. The van der Waals surface area contributed by atoms with E-state index < -0.39 is 22.0 Å². The number of likely N-dealkylation sites (N-methyl/N-ethyl adjacent to an activating group) is 1. The summed E-state index contributed by atoms with van der Waals surface area (Å²) < 4.78 is 28.4. The predicted octanol–water partition coefficient (Wildman–Crippen LogP) is 2.03. The molecule has 0 aliphatic carbocycles. The summed E-state index contributed by atoms with van der Waals surface area (Å²) in [5.41, 5.74) is 4.42. The van der Waals surface area contributed by atoms with Crippen molar-refractivity contribution in [1.29, 1.82) is 0 Å². The van der Waals surface area contributed by atoms with Gasteiger partial charge >= 0.3 is 0 Å². The van der Waals surface area contributed by atoms with Gasteiger partial charge in [-0.05, 0) is 35.4 Å². The number of rotatable bonds is 11. The summed E-state index contributed by atoms with van der Waals surface area (Å²) in [6.07, 6.45) is 6.95. The molecule has 1 atom stereocenters. The molecule has 0 spiro atoms. The molecule has 2 aromatic carbocycles. The second kappa shape index (κ2) is 12.3. The van der Waals surface area contributed by atoms with E-state index in [1.165, 1.54) is 6.20 Å². The molecule has 188 valence electrons. The number of thiophene rings is 1. The van der Waals surface area contributed by atoms with E-state index in [-0.39, 0.29) is 17.2 Å². The maximum Gasteiger partial charge on any atom is 0.267 e. The number of terminal acetylenes is 1. The van der Waals surface area contributed by atoms with Gasteiger partial charge in [-0.15, -0.1) is 17.8 Å². The van der Waals surface area contributed by atoms with E-state index >= 15 is 0 Å². The first kappa shape index (κ1) is 26.9. The van der Waals surface area contributed by atoms with E-state index in [0.29, 0.717) is 11.3 Å². The summed E-state index contributed by atoms with van der Waals surface area (Å²) in [5.74, 6) is 7.92. The second-order valence-corrected chi connectivity index (χ2v) is 10.8. The van der Waals surface area contributed by atoms with Crippen molar-refractivity contribution in [3.05, 3.63) is 89.8 Å². The van der Waals surface area contributed by atoms with Gasteiger partial charge in [-0.1, -0.05) is 48.4 Å². The van der Waals surface area contributed by atoms with Crippen molar-refractivity contribution in [2.45, 2.75) is 16.7 Å². The first-order valence-electron chi connectivity index (χ1n) is 10.8. The van der Waals surface area contributed by atoms with E-state index in [4.69, 9.17) is 12.3 Å². The molecule has 0 bridgehead atoms. The fourth-order valence-corrected chi connectivity index (χ4v) is 5.67. The van der Waals surface area contributed by atoms with Crippen molar-refractivity contribution in [3.8, 4) is 22.8 Å². The van der Waals surface area contributed by atoms with E-state index in [2.05, 4.69) is 16.0 Å². The molecule has 36 heavy (non-hydrogen) atoms. The van der Waals surface area contributed by atoms with Gasteiger partial charge in [0.1, 0.15) is 10.3 Å². The Morgan fingerprint density at radius 2 is 1.86 bits per heavy atom. The fraction of sp³-hybridized carbons (Fsp3) is 0.160. The van der Waals surface area contributed by atoms with Gasteiger partial charge in [0.05, 0.1) is 6.54 Å². The number of nitrogens with one attached hydrogen (secondary N) is 3. The van der Waals surface area contributed by atoms with Crippen LogP contribution < -0.4 is 21.4 Å². The van der Waals surface area contributed by atoms with Crippen molar-refractivity contribution >= 4 is 27.3 Å². The number of carbonyl (C=O) groups is 1. The molecule has 0 saturated heterocycles. The lowest BCUT2D eigenvalue weighted by Crippen LogP contribution is -2.49. The Bertz CT molecular complexity index is 1350. The van der Waals surface area contributed by atoms with E-state index in [1.807, 2.05) is 30.3 Å². The smallest absolute Gasteiger partial charge is 0.267 e. The topological polar surface area (TPSA) is 137 Å². The average Bonchev–Trinajstić information content (AvgIpc) is 3.41. The zero-order valence-corrected chi connectivity index (χ0v) is 21.1. The molecule has 0 radical (unpaired) electrons. The molecule has 6 N–H and O–H groups in total. The standard InChI is InChI=1S/C25H27N5O4S2/c1-3-18-9-11-19(12-10-18)15-22(25(31)29-32)30(26)17-21(27-2)16-28-36(33,34)24-14-13-23(35-24)20-7-5-4-6-8-20/h1,4-14,17,22,27-28,32H,15-16,26H2,2H3,(H,29,31)/b21-17-/t22-/m0/s1. The summed E-state index contributed by atoms with van der Waals surface area (Å²) in [6.45, 7) is -0.102. The molecule has 0 aliphatic rings. The number of hydrogen-bond donors (Lipinski definition) is 5. The fourth-order valence-electron chi connectivity index (χ4n) is 3.30. The number of amides is 1. The second-order valence-electron chi connectivity index (χ2n) is 7.70. The van der Waals surface area contributed by atoms with Crippen LogP contribution in [0.3, 0.4) is 0 Å². The Balaban J connectivity index is 1.71. The first-order valence-corrected chi connectivity index (χ1v) is 13.1. The summed E-state index contributed by atoms with van der Waals surface area (Å²) in [5, 5.41) is 13.2. The molecule has 0 unspecified atom stereocenters. The third-order valence-electron chi connectivity index (χ3n) is 5.31. The Morgan fingerprint density at radius 1 is 1.17 bits per heavy atom. The van der Waals surface area contributed by atoms with E-state index in [1.54, 1.807) is 48.9 Å². The van der Waals surface area contributed by atoms with Crippen LogP contribution in [0.5, 0.6) is 0 Å². The molecule has 0 fully saturated rings. The minimum absolute atomic E-state index is 0.102. The molecule has 0 aliphatic heterocycles. The van der Waals surface area contributed by atoms with Crippen LogP contribution in [0.15, 0.2) is 82.8 Å². The largest absolute Gasteiger partial charge is 0.389 e. The lowest BCUT2D eigenvalue weighted by molar-refractivity contribution is -0.134. The predicted molar refractivity (Wildman–Crippen MR) is 140 cm³/mol. The van der Waals surface area contributed by atoms with Crippen LogP contribution in [-0.2, 0) is 21.2 Å². The van der Waals surface area contributed by atoms with Gasteiger partial charge in [0.15, 0.2) is 0 Å². The number of nitrogens with zero attached hydrogens (tertiary/aromatic N) is 1. The minimum Gasteiger partial charge on any atom is -0.389 e. The molecule has 1 aromatic heterocycles. The van der Waals surface area contributed by atoms with Crippen molar-refractivity contribution < 1.29 is 18.4 Å². The number of carbonyl (C=O) groups excluding carboxylic acids is 1. The van der Waals surface area contributed by atoms with Gasteiger partial charge in [0, 0.05) is 35.8 Å². The quantitative estimate of drug-likeness (QED) is 0.112. The number of sulfonamides is 1. The number of hydroxylamine groups is 1. The normalized spacial score (nSPS) is 12.4. The van der Waals surface area contributed by atoms with Gasteiger partial charge in [-0.25, -0.2) is 24.5 Å². The number of hydrazine groups is 1. The summed E-state index contributed by atoms with van der Waals surface area (Å²) in [6, 6.07) is 18.9. The summed E-state index contributed by atoms with van der Waals surface area (Å²) >= 11 is 1.16. The van der Waals surface area contributed by atoms with Crippen LogP contribution in [0.2, 0.25) is 0 Å². The first-order chi connectivity index (χ1) is 17.3. The van der Waals surface area contributed by atoms with Crippen LogP contribution in [0.4, 0.5) is 0 Å². The molecule has 1 amide bonds. The van der Waals surface area contributed by atoms with Crippen molar-refractivity contribution in [1.82, 2.24) is 20.5 Å². The summed E-state index contributed by atoms with van der Waals surface area (Å²) in [7, 11) is -2.19.